The summed E-state index contributed by atoms with van der Waals surface area (Å²) in [5.74, 6) is 0.658. The molecular formula is C37H41N3O2. The first-order valence-electron chi connectivity index (χ1n) is 15.4. The Balaban J connectivity index is 0.994. The molecule has 42 heavy (non-hydrogen) atoms. The van der Waals surface area contributed by atoms with Gasteiger partial charge in [-0.25, -0.2) is 4.79 Å². The summed E-state index contributed by atoms with van der Waals surface area (Å²) in [6.45, 7) is 2.84. The summed E-state index contributed by atoms with van der Waals surface area (Å²) in [5.41, 5.74) is 5.60. The Labute approximate surface area is 249 Å². The van der Waals surface area contributed by atoms with Crippen LogP contribution in [0.4, 0.5) is 4.79 Å². The van der Waals surface area contributed by atoms with Gasteiger partial charge in [-0.05, 0) is 84.9 Å². The molecule has 2 aliphatic carbocycles. The molecule has 0 saturated heterocycles. The molecule has 1 atom stereocenters. The lowest BCUT2D eigenvalue weighted by Crippen LogP contribution is -2.54. The van der Waals surface area contributed by atoms with E-state index in [2.05, 4.69) is 64.5 Å². The molecule has 4 aromatic rings. The molecule has 0 spiro atoms. The van der Waals surface area contributed by atoms with Crippen molar-refractivity contribution in [3.8, 4) is 11.1 Å². The summed E-state index contributed by atoms with van der Waals surface area (Å²) in [5, 5.41) is 22.0. The molecule has 5 nitrogen and oxygen atoms in total. The van der Waals surface area contributed by atoms with E-state index in [4.69, 9.17) is 0 Å². The zero-order chi connectivity index (χ0) is 28.9. The molecule has 0 heterocycles. The first-order chi connectivity index (χ1) is 20.5. The van der Waals surface area contributed by atoms with Crippen LogP contribution in [0.1, 0.15) is 67.3 Å². The molecule has 2 aliphatic rings. The fourth-order valence-electron chi connectivity index (χ4n) is 6.98. The maximum atomic E-state index is 13.1. The van der Waals surface area contributed by atoms with Gasteiger partial charge in [0, 0.05) is 6.04 Å². The number of hydrogen-bond donors (Lipinski definition) is 4. The van der Waals surface area contributed by atoms with Crippen LogP contribution in [0.15, 0.2) is 109 Å². The third-order valence-electron chi connectivity index (χ3n) is 9.32. The second-order valence-corrected chi connectivity index (χ2v) is 11.9. The van der Waals surface area contributed by atoms with Gasteiger partial charge in [-0.15, -0.1) is 0 Å². The molecule has 1 fully saturated rings. The second-order valence-electron chi connectivity index (χ2n) is 11.9. The van der Waals surface area contributed by atoms with Crippen LogP contribution in [0.3, 0.4) is 0 Å². The van der Waals surface area contributed by atoms with Gasteiger partial charge in [0.25, 0.3) is 0 Å². The SMILES string of the molecule is C[C@@H](NC(=O)NC1CCC(CCNC2c3ccccc3-c3ccccc32)CC1)C(O)(c1ccccc1)c1ccccc1. The van der Waals surface area contributed by atoms with E-state index in [9.17, 15) is 9.90 Å². The monoisotopic (exact) mass is 559 g/mol. The average Bonchev–Trinajstić information content (AvgIpc) is 3.36. The van der Waals surface area contributed by atoms with Gasteiger partial charge in [-0.1, -0.05) is 109 Å². The maximum Gasteiger partial charge on any atom is 0.315 e. The number of rotatable bonds is 9. The van der Waals surface area contributed by atoms with Crippen molar-refractivity contribution < 1.29 is 9.90 Å². The third kappa shape index (κ3) is 5.72. The largest absolute Gasteiger partial charge is 0.378 e. The Morgan fingerprint density at radius 3 is 1.81 bits per heavy atom. The van der Waals surface area contributed by atoms with Crippen molar-refractivity contribution in [1.29, 1.82) is 0 Å². The molecule has 1 saturated carbocycles. The second kappa shape index (κ2) is 12.5. The number of hydrogen-bond acceptors (Lipinski definition) is 3. The zero-order valence-electron chi connectivity index (χ0n) is 24.3. The molecule has 216 valence electrons. The van der Waals surface area contributed by atoms with E-state index in [-0.39, 0.29) is 18.1 Å². The number of carbonyl (C=O) groups excluding carboxylic acids is 1. The Morgan fingerprint density at radius 1 is 0.762 bits per heavy atom. The van der Waals surface area contributed by atoms with Gasteiger partial charge < -0.3 is 21.1 Å². The van der Waals surface area contributed by atoms with Crippen molar-refractivity contribution in [3.05, 3.63) is 131 Å². The number of fused-ring (bicyclic) bond motifs is 3. The van der Waals surface area contributed by atoms with E-state index in [1.54, 1.807) is 0 Å². The van der Waals surface area contributed by atoms with Crippen LogP contribution in [0.5, 0.6) is 0 Å². The molecule has 6 rings (SSSR count). The minimum absolute atomic E-state index is 0.150. The number of urea groups is 1. The van der Waals surface area contributed by atoms with Crippen molar-refractivity contribution in [1.82, 2.24) is 16.0 Å². The molecule has 5 heteroatoms. The minimum Gasteiger partial charge on any atom is -0.378 e. The summed E-state index contributed by atoms with van der Waals surface area (Å²) in [6.07, 6.45) is 5.31. The summed E-state index contributed by atoms with van der Waals surface area (Å²) in [7, 11) is 0. The molecule has 4 N–H and O–H groups in total. The minimum atomic E-state index is -1.34. The highest BCUT2D eigenvalue weighted by atomic mass is 16.3. The van der Waals surface area contributed by atoms with Crippen molar-refractivity contribution >= 4 is 6.03 Å². The third-order valence-corrected chi connectivity index (χ3v) is 9.32. The molecule has 4 aromatic carbocycles. The van der Waals surface area contributed by atoms with E-state index in [0.29, 0.717) is 5.92 Å². The summed E-state index contributed by atoms with van der Waals surface area (Å²) in [4.78, 5) is 13.1. The van der Waals surface area contributed by atoms with Gasteiger partial charge in [-0.3, -0.25) is 0 Å². The highest BCUT2D eigenvalue weighted by Gasteiger charge is 2.39. The first kappa shape index (κ1) is 28.2. The maximum absolute atomic E-state index is 13.1. The molecule has 0 aliphatic heterocycles. The van der Waals surface area contributed by atoms with Crippen LogP contribution < -0.4 is 16.0 Å². The highest BCUT2D eigenvalue weighted by Crippen LogP contribution is 2.43. The van der Waals surface area contributed by atoms with Crippen LogP contribution in [0.2, 0.25) is 0 Å². The Morgan fingerprint density at radius 2 is 1.26 bits per heavy atom. The van der Waals surface area contributed by atoms with E-state index < -0.39 is 11.6 Å². The average molecular weight is 560 g/mol. The van der Waals surface area contributed by atoms with Crippen LogP contribution in [0.25, 0.3) is 11.1 Å². The van der Waals surface area contributed by atoms with Crippen LogP contribution in [-0.4, -0.2) is 29.8 Å². The van der Waals surface area contributed by atoms with E-state index >= 15 is 0 Å². The molecule has 0 radical (unpaired) electrons. The topological polar surface area (TPSA) is 73.4 Å². The van der Waals surface area contributed by atoms with Gasteiger partial charge in [0.1, 0.15) is 5.60 Å². The van der Waals surface area contributed by atoms with Crippen molar-refractivity contribution in [2.24, 2.45) is 5.92 Å². The molecule has 0 bridgehead atoms. The molecule has 0 aromatic heterocycles. The van der Waals surface area contributed by atoms with Crippen molar-refractivity contribution in [3.63, 3.8) is 0 Å². The molecule has 0 unspecified atom stereocenters. The standard InChI is InChI=1S/C37H41N3O2/c1-26(37(42,28-12-4-2-5-13-28)29-14-6-3-7-15-29)39-36(41)40-30-22-20-27(21-23-30)24-25-38-35-33-18-10-8-16-31(33)32-17-9-11-19-34(32)35/h2-19,26-27,30,35,38,42H,20-25H2,1H3,(H2,39,40,41)/t26-,27?,30?/m1/s1. The highest BCUT2D eigenvalue weighted by molar-refractivity contribution is 5.78. The Hall–Kier alpha value is -3.93. The van der Waals surface area contributed by atoms with Gasteiger partial charge in [0.15, 0.2) is 0 Å². The fourth-order valence-corrected chi connectivity index (χ4v) is 6.98. The van der Waals surface area contributed by atoms with Crippen LogP contribution in [-0.2, 0) is 5.60 Å². The summed E-state index contributed by atoms with van der Waals surface area (Å²) in [6, 6.07) is 36.2. The first-order valence-corrected chi connectivity index (χ1v) is 15.4. The van der Waals surface area contributed by atoms with Crippen LogP contribution >= 0.6 is 0 Å². The Bertz CT molecular complexity index is 1400. The molecular weight excluding hydrogens is 518 g/mol. The van der Waals surface area contributed by atoms with Gasteiger partial charge in [-0.2, -0.15) is 0 Å². The van der Waals surface area contributed by atoms with Crippen molar-refractivity contribution in [2.75, 3.05) is 6.54 Å². The van der Waals surface area contributed by atoms with Gasteiger partial charge in [0.05, 0.1) is 12.1 Å². The van der Waals surface area contributed by atoms with Crippen LogP contribution in [0, 0.1) is 5.92 Å². The number of aliphatic hydroxyl groups is 1. The van der Waals surface area contributed by atoms with Gasteiger partial charge in [0.2, 0.25) is 0 Å². The predicted molar refractivity (Wildman–Crippen MR) is 169 cm³/mol. The number of benzene rings is 4. The fraction of sp³-hybridized carbons (Fsp3) is 0.324. The predicted octanol–water partition coefficient (Wildman–Crippen LogP) is 6.92. The van der Waals surface area contributed by atoms with E-state index in [0.717, 1.165) is 49.8 Å². The normalized spacial score (nSPS) is 19.0. The number of amides is 2. The lowest BCUT2D eigenvalue weighted by atomic mass is 9.81. The zero-order valence-corrected chi connectivity index (χ0v) is 24.3. The number of carbonyl (C=O) groups is 1. The lowest BCUT2D eigenvalue weighted by molar-refractivity contribution is 0.0470. The Kier molecular flexibility index (Phi) is 8.41. The summed E-state index contributed by atoms with van der Waals surface area (Å²) < 4.78 is 0. The van der Waals surface area contributed by atoms with Gasteiger partial charge >= 0.3 is 6.03 Å². The number of nitrogens with one attached hydrogen (secondary N) is 3. The quantitative estimate of drug-likeness (QED) is 0.180. The smallest absolute Gasteiger partial charge is 0.315 e. The van der Waals surface area contributed by atoms with Crippen molar-refractivity contribution in [2.45, 2.75) is 62.8 Å². The summed E-state index contributed by atoms with van der Waals surface area (Å²) >= 11 is 0. The molecule has 2 amide bonds. The van der Waals surface area contributed by atoms with E-state index in [1.165, 1.54) is 22.3 Å². The lowest BCUT2D eigenvalue weighted by Gasteiger charge is -2.36. The van der Waals surface area contributed by atoms with E-state index in [1.807, 2.05) is 67.6 Å².